The number of nitrogens with two attached hydrogens (primary N) is 1. The van der Waals surface area contributed by atoms with Crippen molar-refractivity contribution in [3.63, 3.8) is 0 Å². The molecule has 1 aliphatic rings. The zero-order valence-electron chi connectivity index (χ0n) is 12.1. The van der Waals surface area contributed by atoms with Gasteiger partial charge in [0.2, 0.25) is 0 Å². The molecule has 4 heteroatoms. The molecule has 2 unspecified atom stereocenters. The Hall–Kier alpha value is -0.580. The van der Waals surface area contributed by atoms with Gasteiger partial charge in [0.25, 0.3) is 0 Å². The quantitative estimate of drug-likeness (QED) is 0.927. The second-order valence-electron chi connectivity index (χ2n) is 5.66. The fourth-order valence-electron chi connectivity index (χ4n) is 2.77. The number of nitrogens with zero attached hydrogens (tertiary/aromatic N) is 2. The standard InChI is InChI=1S/C15H24BrN3/c1-11(17)14-7-6-12(9-15(14)16)19(3)13-5-4-8-18(2)10-13/h6-7,9,11,13H,4-5,8,10,17H2,1-3H3. The molecular formula is C15H24BrN3. The van der Waals surface area contributed by atoms with Crippen molar-refractivity contribution < 1.29 is 0 Å². The monoisotopic (exact) mass is 325 g/mol. The first-order valence-corrected chi connectivity index (χ1v) is 7.74. The van der Waals surface area contributed by atoms with Crippen LogP contribution in [0.1, 0.15) is 31.4 Å². The fraction of sp³-hybridized carbons (Fsp3) is 0.600. The molecule has 1 aliphatic heterocycles. The second kappa shape index (κ2) is 6.25. The average Bonchev–Trinajstić information content (AvgIpc) is 2.37. The Bertz CT molecular complexity index is 433. The minimum Gasteiger partial charge on any atom is -0.370 e. The maximum atomic E-state index is 5.95. The lowest BCUT2D eigenvalue weighted by Crippen LogP contribution is -2.45. The van der Waals surface area contributed by atoms with E-state index in [4.69, 9.17) is 5.73 Å². The Balaban J connectivity index is 2.15. The fourth-order valence-corrected chi connectivity index (χ4v) is 3.50. The zero-order valence-corrected chi connectivity index (χ0v) is 13.7. The smallest absolute Gasteiger partial charge is 0.0414 e. The van der Waals surface area contributed by atoms with Gasteiger partial charge in [0.1, 0.15) is 0 Å². The highest BCUT2D eigenvalue weighted by molar-refractivity contribution is 9.10. The molecule has 0 saturated carbocycles. The number of anilines is 1. The van der Waals surface area contributed by atoms with Crippen LogP contribution in [0.4, 0.5) is 5.69 Å². The van der Waals surface area contributed by atoms with Gasteiger partial charge in [0.15, 0.2) is 0 Å². The molecule has 19 heavy (non-hydrogen) atoms. The van der Waals surface area contributed by atoms with Gasteiger partial charge < -0.3 is 15.5 Å². The second-order valence-corrected chi connectivity index (χ2v) is 6.52. The number of hydrogen-bond donors (Lipinski definition) is 1. The van der Waals surface area contributed by atoms with Gasteiger partial charge in [-0.15, -0.1) is 0 Å². The van der Waals surface area contributed by atoms with Crippen LogP contribution in [-0.4, -0.2) is 38.1 Å². The van der Waals surface area contributed by atoms with Crippen molar-refractivity contribution in [1.29, 1.82) is 0 Å². The van der Waals surface area contributed by atoms with Crippen molar-refractivity contribution in [3.05, 3.63) is 28.2 Å². The number of piperidine rings is 1. The summed E-state index contributed by atoms with van der Waals surface area (Å²) in [6, 6.07) is 7.17. The Morgan fingerprint density at radius 3 is 2.79 bits per heavy atom. The lowest BCUT2D eigenvalue weighted by molar-refractivity contribution is 0.248. The van der Waals surface area contributed by atoms with Crippen LogP contribution in [0.2, 0.25) is 0 Å². The summed E-state index contributed by atoms with van der Waals surface area (Å²) >= 11 is 3.63. The Morgan fingerprint density at radius 2 is 2.21 bits per heavy atom. The van der Waals surface area contributed by atoms with E-state index < -0.39 is 0 Å². The predicted octanol–water partition coefficient (Wildman–Crippen LogP) is 3.00. The topological polar surface area (TPSA) is 32.5 Å². The minimum atomic E-state index is 0.0644. The summed E-state index contributed by atoms with van der Waals surface area (Å²) in [6.45, 7) is 4.38. The van der Waals surface area contributed by atoms with Crippen LogP contribution in [0.25, 0.3) is 0 Å². The molecule has 1 aromatic rings. The van der Waals surface area contributed by atoms with E-state index in [9.17, 15) is 0 Å². The van der Waals surface area contributed by atoms with E-state index >= 15 is 0 Å². The van der Waals surface area contributed by atoms with Crippen LogP contribution in [-0.2, 0) is 0 Å². The SMILES string of the molecule is CC(N)c1ccc(N(C)C2CCCN(C)C2)cc1Br. The van der Waals surface area contributed by atoms with E-state index in [2.05, 4.69) is 58.0 Å². The van der Waals surface area contributed by atoms with Crippen LogP contribution < -0.4 is 10.6 Å². The molecule has 3 nitrogen and oxygen atoms in total. The van der Waals surface area contributed by atoms with Crippen LogP contribution in [0.3, 0.4) is 0 Å². The zero-order chi connectivity index (χ0) is 14.0. The average molecular weight is 326 g/mol. The molecule has 1 heterocycles. The Kier molecular flexibility index (Phi) is 4.87. The van der Waals surface area contributed by atoms with Gasteiger partial charge in [-0.1, -0.05) is 22.0 Å². The van der Waals surface area contributed by atoms with E-state index in [1.54, 1.807) is 0 Å². The van der Waals surface area contributed by atoms with Gasteiger partial charge >= 0.3 is 0 Å². The van der Waals surface area contributed by atoms with Crippen molar-refractivity contribution >= 4 is 21.6 Å². The first-order valence-electron chi connectivity index (χ1n) is 6.95. The number of likely N-dealkylation sites (N-methyl/N-ethyl adjacent to an activating group) is 2. The maximum Gasteiger partial charge on any atom is 0.0414 e. The van der Waals surface area contributed by atoms with Crippen molar-refractivity contribution in [3.8, 4) is 0 Å². The third-order valence-electron chi connectivity index (χ3n) is 4.03. The lowest BCUT2D eigenvalue weighted by Gasteiger charge is -2.37. The van der Waals surface area contributed by atoms with E-state index in [-0.39, 0.29) is 6.04 Å². The molecule has 0 radical (unpaired) electrons. The molecule has 0 aromatic heterocycles. The van der Waals surface area contributed by atoms with Crippen molar-refractivity contribution in [2.24, 2.45) is 5.73 Å². The molecule has 1 saturated heterocycles. The van der Waals surface area contributed by atoms with Gasteiger partial charge in [-0.3, -0.25) is 0 Å². The molecule has 2 N–H and O–H groups in total. The Labute approximate surface area is 124 Å². The Morgan fingerprint density at radius 1 is 1.47 bits per heavy atom. The van der Waals surface area contributed by atoms with Gasteiger partial charge in [0.05, 0.1) is 0 Å². The highest BCUT2D eigenvalue weighted by atomic mass is 79.9. The van der Waals surface area contributed by atoms with Crippen molar-refractivity contribution in [2.75, 3.05) is 32.1 Å². The molecule has 0 amide bonds. The molecule has 2 rings (SSSR count). The van der Waals surface area contributed by atoms with Gasteiger partial charge in [0, 0.05) is 35.8 Å². The molecule has 1 fully saturated rings. The number of likely N-dealkylation sites (tertiary alicyclic amines) is 1. The summed E-state index contributed by atoms with van der Waals surface area (Å²) in [5, 5.41) is 0. The molecular weight excluding hydrogens is 302 g/mol. The third kappa shape index (κ3) is 3.50. The van der Waals surface area contributed by atoms with Gasteiger partial charge in [-0.25, -0.2) is 0 Å². The molecule has 1 aromatic carbocycles. The van der Waals surface area contributed by atoms with Crippen LogP contribution >= 0.6 is 15.9 Å². The molecule has 0 aliphatic carbocycles. The van der Waals surface area contributed by atoms with Crippen molar-refractivity contribution in [1.82, 2.24) is 4.90 Å². The number of hydrogen-bond acceptors (Lipinski definition) is 3. The lowest BCUT2D eigenvalue weighted by atomic mass is 10.0. The van der Waals surface area contributed by atoms with Crippen molar-refractivity contribution in [2.45, 2.75) is 31.8 Å². The number of benzene rings is 1. The normalized spacial score (nSPS) is 22.3. The summed E-state index contributed by atoms with van der Waals surface area (Å²) in [7, 11) is 4.40. The van der Waals surface area contributed by atoms with Crippen LogP contribution in [0.15, 0.2) is 22.7 Å². The van der Waals surface area contributed by atoms with Crippen LogP contribution in [0, 0.1) is 0 Å². The first-order chi connectivity index (χ1) is 8.99. The highest BCUT2D eigenvalue weighted by Crippen LogP contribution is 2.29. The first kappa shape index (κ1) is 14.8. The molecule has 0 spiro atoms. The van der Waals surface area contributed by atoms with Gasteiger partial charge in [-0.05, 0) is 51.1 Å². The summed E-state index contributed by atoms with van der Waals surface area (Å²) in [4.78, 5) is 4.81. The van der Waals surface area contributed by atoms with Gasteiger partial charge in [-0.2, -0.15) is 0 Å². The van der Waals surface area contributed by atoms with E-state index in [1.807, 2.05) is 6.92 Å². The maximum absolute atomic E-state index is 5.95. The van der Waals surface area contributed by atoms with E-state index in [0.29, 0.717) is 6.04 Å². The molecule has 106 valence electrons. The number of halogens is 1. The van der Waals surface area contributed by atoms with E-state index in [0.717, 1.165) is 16.6 Å². The summed E-state index contributed by atoms with van der Waals surface area (Å²) < 4.78 is 1.11. The summed E-state index contributed by atoms with van der Waals surface area (Å²) in [6.07, 6.45) is 2.55. The third-order valence-corrected chi connectivity index (χ3v) is 4.72. The highest BCUT2D eigenvalue weighted by Gasteiger charge is 2.21. The molecule has 2 atom stereocenters. The van der Waals surface area contributed by atoms with E-state index in [1.165, 1.54) is 25.1 Å². The largest absolute Gasteiger partial charge is 0.370 e. The minimum absolute atomic E-state index is 0.0644. The predicted molar refractivity (Wildman–Crippen MR) is 85.7 cm³/mol. The summed E-state index contributed by atoms with van der Waals surface area (Å²) in [5.74, 6) is 0. The molecule has 0 bridgehead atoms. The van der Waals surface area contributed by atoms with Crippen LogP contribution in [0.5, 0.6) is 0 Å². The number of rotatable bonds is 3. The summed E-state index contributed by atoms with van der Waals surface area (Å²) in [5.41, 5.74) is 8.38.